The first-order chi connectivity index (χ1) is 5.98. The van der Waals surface area contributed by atoms with Crippen molar-refractivity contribution in [2.75, 3.05) is 0 Å². The Balaban J connectivity index is 5.37. The van der Waals surface area contributed by atoms with Gasteiger partial charge in [0.05, 0.1) is 0 Å². The molecule has 10 heteroatoms. The van der Waals surface area contributed by atoms with Crippen LogP contribution in [0.3, 0.4) is 0 Å². The summed E-state index contributed by atoms with van der Waals surface area (Å²) < 4.78 is 20.4. The fourth-order valence-corrected chi connectivity index (χ4v) is 2.59. The van der Waals surface area contributed by atoms with Crippen molar-refractivity contribution in [2.45, 2.75) is 6.92 Å². The van der Waals surface area contributed by atoms with Gasteiger partial charge in [0, 0.05) is 5.57 Å². The number of carbonyl (C=O) groups excluding carboxylic acids is 1. The summed E-state index contributed by atoms with van der Waals surface area (Å²) in [4.78, 5) is 45.0. The maximum absolute atomic E-state index is 11.0. The van der Waals surface area contributed by atoms with E-state index in [1.807, 2.05) is 0 Å². The minimum Gasteiger partial charge on any atom is -0.308 e. The summed E-state index contributed by atoms with van der Waals surface area (Å²) in [6.07, 6.45) is 0. The number of rotatable bonds is 3. The lowest BCUT2D eigenvalue weighted by Crippen LogP contribution is -2.25. The molecule has 1 amide bonds. The summed E-state index contributed by atoms with van der Waals surface area (Å²) in [5.74, 6) is -1.49. The highest BCUT2D eigenvalue weighted by molar-refractivity contribution is 7.66. The standard InChI is InChI=1S/C4H9NO7P2/c1-3(2)4(6)5(13(7,8)9)14(10,11)12/h1H2,2H3,(H2,7,8,9)(H2,10,11,12). The Morgan fingerprint density at radius 3 is 1.50 bits per heavy atom. The molecule has 4 N–H and O–H groups in total. The zero-order valence-corrected chi connectivity index (χ0v) is 8.85. The van der Waals surface area contributed by atoms with Crippen LogP contribution in [0.15, 0.2) is 12.2 Å². The van der Waals surface area contributed by atoms with Crippen molar-refractivity contribution in [2.24, 2.45) is 0 Å². The van der Waals surface area contributed by atoms with E-state index in [4.69, 9.17) is 19.6 Å². The fraction of sp³-hybridized carbons (Fsp3) is 0.250. The molecule has 0 atom stereocenters. The lowest BCUT2D eigenvalue weighted by molar-refractivity contribution is -0.120. The van der Waals surface area contributed by atoms with Crippen molar-refractivity contribution in [3.05, 3.63) is 12.2 Å². The molecule has 0 spiro atoms. The zero-order chi connectivity index (χ0) is 11.7. The van der Waals surface area contributed by atoms with Crippen LogP contribution in [0.2, 0.25) is 0 Å². The molecule has 0 saturated heterocycles. The Bertz CT molecular complexity index is 329. The monoisotopic (exact) mass is 245 g/mol. The van der Waals surface area contributed by atoms with Crippen LogP contribution in [0.1, 0.15) is 6.92 Å². The van der Waals surface area contributed by atoms with E-state index in [2.05, 4.69) is 6.58 Å². The first-order valence-electron chi connectivity index (χ1n) is 3.10. The predicted octanol–water partition coefficient (Wildman–Crippen LogP) is -0.424. The van der Waals surface area contributed by atoms with Gasteiger partial charge in [0.1, 0.15) is 0 Å². The van der Waals surface area contributed by atoms with E-state index in [0.29, 0.717) is 0 Å². The van der Waals surface area contributed by atoms with Crippen LogP contribution in [0.4, 0.5) is 0 Å². The molecular formula is C4H9NO7P2. The maximum Gasteiger partial charge on any atom is 0.441 e. The highest BCUT2D eigenvalue weighted by Crippen LogP contribution is 2.58. The summed E-state index contributed by atoms with van der Waals surface area (Å²) in [5.41, 5.74) is -0.392. The molecule has 0 aliphatic carbocycles. The quantitative estimate of drug-likeness (QED) is 0.391. The molecule has 0 aromatic heterocycles. The molecule has 0 radical (unpaired) electrons. The van der Waals surface area contributed by atoms with Crippen molar-refractivity contribution >= 4 is 21.4 Å². The van der Waals surface area contributed by atoms with E-state index < -0.39 is 31.4 Å². The van der Waals surface area contributed by atoms with Gasteiger partial charge in [-0.3, -0.25) is 4.79 Å². The molecule has 0 aromatic rings. The summed E-state index contributed by atoms with van der Waals surface area (Å²) in [6.45, 7) is 4.10. The minimum absolute atomic E-state index is 0.392. The Morgan fingerprint density at radius 2 is 1.43 bits per heavy atom. The highest BCUT2D eigenvalue weighted by Gasteiger charge is 2.43. The molecule has 0 rings (SSSR count). The molecule has 0 saturated carbocycles. The number of nitrogens with zero attached hydrogens (tertiary/aromatic N) is 1. The number of amides is 1. The van der Waals surface area contributed by atoms with Gasteiger partial charge in [-0.05, 0) is 6.92 Å². The average Bonchev–Trinajstić information content (AvgIpc) is 1.79. The van der Waals surface area contributed by atoms with E-state index in [0.717, 1.165) is 6.92 Å². The van der Waals surface area contributed by atoms with Crippen LogP contribution < -0.4 is 0 Å². The van der Waals surface area contributed by atoms with Gasteiger partial charge in [-0.25, -0.2) is 9.13 Å². The Kier molecular flexibility index (Phi) is 3.80. The van der Waals surface area contributed by atoms with Crippen molar-refractivity contribution < 1.29 is 33.5 Å². The second kappa shape index (κ2) is 3.94. The number of hydrogen-bond acceptors (Lipinski definition) is 3. The van der Waals surface area contributed by atoms with Gasteiger partial charge in [0.25, 0.3) is 5.91 Å². The summed E-state index contributed by atoms with van der Waals surface area (Å²) >= 11 is 0. The molecule has 14 heavy (non-hydrogen) atoms. The minimum atomic E-state index is -5.35. The first-order valence-corrected chi connectivity index (χ1v) is 6.23. The Morgan fingerprint density at radius 1 is 1.14 bits per heavy atom. The van der Waals surface area contributed by atoms with Crippen molar-refractivity contribution in [3.63, 3.8) is 0 Å². The van der Waals surface area contributed by atoms with Gasteiger partial charge in [-0.2, -0.15) is 0 Å². The molecule has 8 nitrogen and oxygen atoms in total. The average molecular weight is 245 g/mol. The first kappa shape index (κ1) is 13.5. The third-order valence-electron chi connectivity index (χ3n) is 1.04. The van der Waals surface area contributed by atoms with Gasteiger partial charge < -0.3 is 19.6 Å². The molecule has 0 aromatic carbocycles. The number of hydrogen-bond donors (Lipinski definition) is 4. The van der Waals surface area contributed by atoms with Crippen LogP contribution in [-0.2, 0) is 13.9 Å². The summed E-state index contributed by atoms with van der Waals surface area (Å²) in [6, 6.07) is 0. The third-order valence-corrected chi connectivity index (χ3v) is 3.79. The van der Waals surface area contributed by atoms with E-state index in [1.54, 1.807) is 0 Å². The van der Waals surface area contributed by atoms with Crippen LogP contribution in [0.25, 0.3) is 0 Å². The fourth-order valence-electron chi connectivity index (χ4n) is 0.559. The molecule has 0 heterocycles. The smallest absolute Gasteiger partial charge is 0.308 e. The van der Waals surface area contributed by atoms with Gasteiger partial charge in [-0.1, -0.05) is 6.58 Å². The topological polar surface area (TPSA) is 135 Å². The highest BCUT2D eigenvalue weighted by atomic mass is 31.3. The van der Waals surface area contributed by atoms with E-state index >= 15 is 0 Å². The summed E-state index contributed by atoms with van der Waals surface area (Å²) in [5, 5.41) is 0. The Labute approximate surface area is 79.3 Å². The molecule has 82 valence electrons. The second-order valence-electron chi connectivity index (χ2n) is 2.40. The van der Waals surface area contributed by atoms with Crippen molar-refractivity contribution in [1.82, 2.24) is 4.44 Å². The van der Waals surface area contributed by atoms with Gasteiger partial charge in [-0.15, -0.1) is 4.44 Å². The van der Waals surface area contributed by atoms with Gasteiger partial charge >= 0.3 is 15.5 Å². The molecule has 0 fully saturated rings. The lowest BCUT2D eigenvalue weighted by Gasteiger charge is -2.23. The van der Waals surface area contributed by atoms with Gasteiger partial charge in [0.15, 0.2) is 0 Å². The SMILES string of the molecule is C=C(C)C(=O)N(P(=O)(O)O)P(=O)(O)O. The lowest BCUT2D eigenvalue weighted by atomic mass is 10.3. The van der Waals surface area contributed by atoms with Crippen molar-refractivity contribution in [3.8, 4) is 0 Å². The molecular weight excluding hydrogens is 236 g/mol. The van der Waals surface area contributed by atoms with Crippen LogP contribution in [0.5, 0.6) is 0 Å². The number of carbonyl (C=O) groups is 1. The second-order valence-corrected chi connectivity index (χ2v) is 5.57. The largest absolute Gasteiger partial charge is 0.441 e. The predicted molar refractivity (Wildman–Crippen MR) is 45.7 cm³/mol. The third kappa shape index (κ3) is 3.34. The molecule has 0 bridgehead atoms. The molecule has 0 aliphatic rings. The zero-order valence-electron chi connectivity index (χ0n) is 7.06. The Hall–Kier alpha value is -0.490. The van der Waals surface area contributed by atoms with E-state index in [9.17, 15) is 13.9 Å². The van der Waals surface area contributed by atoms with Crippen LogP contribution >= 0.6 is 15.5 Å². The van der Waals surface area contributed by atoms with E-state index in [-0.39, 0.29) is 0 Å². The molecule has 0 unspecified atom stereocenters. The van der Waals surface area contributed by atoms with E-state index in [1.165, 1.54) is 0 Å². The van der Waals surface area contributed by atoms with Crippen LogP contribution in [-0.4, -0.2) is 29.9 Å². The normalized spacial score (nSPS) is 12.4. The van der Waals surface area contributed by atoms with Crippen molar-refractivity contribution in [1.29, 1.82) is 0 Å². The van der Waals surface area contributed by atoms with Gasteiger partial charge in [0.2, 0.25) is 0 Å². The summed E-state index contributed by atoms with van der Waals surface area (Å²) in [7, 11) is -10.7. The maximum atomic E-state index is 11.0. The molecule has 0 aliphatic heterocycles. The van der Waals surface area contributed by atoms with Crippen LogP contribution in [0, 0.1) is 0 Å².